The van der Waals surface area contributed by atoms with Gasteiger partial charge in [0, 0.05) is 67.5 Å². The summed E-state index contributed by atoms with van der Waals surface area (Å²) in [6.07, 6.45) is 1.01. The van der Waals surface area contributed by atoms with E-state index < -0.39 is 132 Å². The Labute approximate surface area is 600 Å². The predicted octanol–water partition coefficient (Wildman–Crippen LogP) is 1.63. The van der Waals surface area contributed by atoms with Gasteiger partial charge < -0.3 is 85.5 Å². The number of thiophene rings is 1. The number of nitrogens with zero attached hydrogens (tertiary/aromatic N) is 3. The highest BCUT2D eigenvalue weighted by atomic mass is 35.5. The van der Waals surface area contributed by atoms with Gasteiger partial charge in [-0.3, -0.25) is 57.7 Å². The van der Waals surface area contributed by atoms with Crippen molar-refractivity contribution in [3.63, 3.8) is 0 Å². The number of aromatic hydroxyl groups is 1. The quantitative estimate of drug-likeness (QED) is 0.0152. The van der Waals surface area contributed by atoms with Gasteiger partial charge in [0.15, 0.2) is 5.96 Å². The second-order valence-corrected chi connectivity index (χ2v) is 27.2. The molecule has 31 heteroatoms. The topological polar surface area (TPSA) is 447 Å². The molecule has 1 saturated heterocycles. The number of carbonyl (C=O) groups excluding carboxylic acids is 11. The number of likely N-dealkylation sites (N-methyl/N-ethyl adjacent to an activating group) is 1. The SMILES string of the molecule is CC(=O)N[C@H](Cc1ccc(Cl)cc1)C(=O)N[C@H](Cc1ccc(Cl)cc1)C(=O)N[C@H](Cc1csc2ccccc12)C(=O)N[C@@H](CO)C(=O)N(C)[C@@H](Cc1ccc(O)cc1)C(=O)N[C@H](CCCCN)C(=O)N[C@@H](CC(C)C)C(=O)N[C@@H](CCCN=C(N)N)C(=O)N1CCC[C@H]1C(=O)N[C@H](C)C(N)=O. The lowest BCUT2D eigenvalue weighted by Crippen LogP contribution is -2.62. The number of carbonyl (C=O) groups is 11. The number of hydrogen-bond donors (Lipinski definition) is 14. The summed E-state index contributed by atoms with van der Waals surface area (Å²) in [6, 6.07) is 12.8. The molecule has 0 unspecified atom stereocenters. The molecule has 10 atom stereocenters. The van der Waals surface area contributed by atoms with E-state index in [0.29, 0.717) is 45.1 Å². The Morgan fingerprint density at radius 2 is 1.12 bits per heavy atom. The van der Waals surface area contributed by atoms with Crippen LogP contribution in [0.25, 0.3) is 10.1 Å². The number of primary amides is 1. The summed E-state index contributed by atoms with van der Waals surface area (Å²) >= 11 is 13.8. The van der Waals surface area contributed by atoms with Gasteiger partial charge in [0.2, 0.25) is 65.0 Å². The van der Waals surface area contributed by atoms with Crippen LogP contribution >= 0.6 is 34.5 Å². The number of phenols is 1. The Balaban J connectivity index is 1.28. The largest absolute Gasteiger partial charge is 0.508 e. The van der Waals surface area contributed by atoms with E-state index >= 15 is 14.4 Å². The lowest BCUT2D eigenvalue weighted by Gasteiger charge is -2.33. The molecule has 5 aromatic rings. The highest BCUT2D eigenvalue weighted by Crippen LogP contribution is 2.28. The number of nitrogens with one attached hydrogen (secondary N) is 8. The summed E-state index contributed by atoms with van der Waals surface area (Å²) in [7, 11) is 1.25. The standard InChI is InChI=1S/C70H93Cl2N15O13S/c1-39(2)32-52(62(93)81-51(14-10-30-77-70(75)76)69(100)87-31-11-15-57(87)66(97)78-40(3)60(74)91)82-61(92)50(13-8-9-29-73)80-67(98)58(35-44-21-27-48(90)28-22-44)86(5)68(99)56(37-88)85-65(96)55(36-45-38-101-59-16-7-6-12-49(45)59)84-64(95)54(34-43-19-25-47(72)26-20-43)83-63(94)53(79-41(4)89)33-42-17-23-46(71)24-18-42/h6-7,12,16-28,38-40,50-58,88,90H,8-11,13-15,29-37,73H2,1-5H3,(H2,74,91)(H,78,97)(H,79,89)(H,80,98)(H,81,93)(H,82,92)(H,83,94)(H,84,95)(H,85,96)(H4,75,76,77)/t40-,50-,51+,52+,53-,54-,55-,56+,57+,58+/m1/s1. The molecule has 2 heterocycles. The van der Waals surface area contributed by atoms with Gasteiger partial charge in [-0.25, -0.2) is 0 Å². The lowest BCUT2D eigenvalue weighted by atomic mass is 9.99. The van der Waals surface area contributed by atoms with Gasteiger partial charge in [0.1, 0.15) is 66.2 Å². The van der Waals surface area contributed by atoms with Crippen LogP contribution in [-0.4, -0.2) is 185 Å². The van der Waals surface area contributed by atoms with E-state index in [4.69, 9.17) is 46.1 Å². The third-order valence-electron chi connectivity index (χ3n) is 17.0. The van der Waals surface area contributed by atoms with Crippen molar-refractivity contribution in [2.45, 2.75) is 165 Å². The number of amides is 11. The second-order valence-electron chi connectivity index (χ2n) is 25.4. The smallest absolute Gasteiger partial charge is 0.247 e. The molecule has 1 aliphatic rings. The molecule has 28 nitrogen and oxygen atoms in total. The van der Waals surface area contributed by atoms with Crippen LogP contribution in [-0.2, 0) is 78.4 Å². The maximum atomic E-state index is 15.1. The van der Waals surface area contributed by atoms with Crippen molar-refractivity contribution < 1.29 is 63.0 Å². The minimum absolute atomic E-state index is 0.00679. The van der Waals surface area contributed by atoms with Crippen LogP contribution in [0.3, 0.4) is 0 Å². The molecule has 1 aliphatic heterocycles. The Hall–Kier alpha value is -9.42. The Bertz CT molecular complexity index is 3710. The number of aliphatic imine (C=N–C) groups is 1. The first kappa shape index (κ1) is 80.6. The van der Waals surface area contributed by atoms with Crippen molar-refractivity contribution in [3.05, 3.63) is 135 Å². The molecule has 6 rings (SSSR count). The van der Waals surface area contributed by atoms with Crippen molar-refractivity contribution in [2.75, 3.05) is 33.3 Å². The summed E-state index contributed by atoms with van der Waals surface area (Å²) in [5, 5.41) is 46.5. The van der Waals surface area contributed by atoms with Crippen LogP contribution in [0.15, 0.2) is 107 Å². The molecule has 0 aliphatic carbocycles. The Morgan fingerprint density at radius 3 is 1.68 bits per heavy atom. The fraction of sp³-hybridized carbons (Fsp3) is 0.457. The van der Waals surface area contributed by atoms with Crippen LogP contribution < -0.4 is 65.5 Å². The molecule has 1 aromatic heterocycles. The summed E-state index contributed by atoms with van der Waals surface area (Å²) < 4.78 is 0.857. The molecule has 0 bridgehead atoms. The van der Waals surface area contributed by atoms with Crippen LogP contribution in [0, 0.1) is 5.92 Å². The van der Waals surface area contributed by atoms with E-state index in [9.17, 15) is 48.6 Å². The van der Waals surface area contributed by atoms with Crippen molar-refractivity contribution in [2.24, 2.45) is 33.8 Å². The first-order valence-corrected chi connectivity index (χ1v) is 35.0. The minimum atomic E-state index is -1.79. The fourth-order valence-electron chi connectivity index (χ4n) is 11.6. The van der Waals surface area contributed by atoms with Gasteiger partial charge in [0.25, 0.3) is 0 Å². The zero-order valence-corrected chi connectivity index (χ0v) is 59.5. The number of phenolic OH excluding ortho intramolecular Hbond substituents is 1. The van der Waals surface area contributed by atoms with Gasteiger partial charge in [-0.2, -0.15) is 0 Å². The van der Waals surface area contributed by atoms with E-state index in [0.717, 1.165) is 15.0 Å². The van der Waals surface area contributed by atoms with E-state index in [1.165, 1.54) is 61.4 Å². The number of fused-ring (bicyclic) bond motifs is 1. The second kappa shape index (κ2) is 39.5. The van der Waals surface area contributed by atoms with E-state index in [1.54, 1.807) is 68.4 Å². The Kier molecular flexibility index (Phi) is 31.5. The van der Waals surface area contributed by atoms with Crippen molar-refractivity contribution in [1.29, 1.82) is 0 Å². The number of guanidine groups is 1. The normalized spacial score (nSPS) is 15.4. The maximum Gasteiger partial charge on any atom is 0.247 e. The molecule has 0 saturated carbocycles. The molecule has 0 radical (unpaired) electrons. The number of unbranched alkanes of at least 4 members (excludes halogenated alkanes) is 1. The van der Waals surface area contributed by atoms with Gasteiger partial charge in [-0.05, 0) is 146 Å². The van der Waals surface area contributed by atoms with Gasteiger partial charge in [-0.1, -0.05) is 91.6 Å². The Morgan fingerprint density at radius 1 is 0.614 bits per heavy atom. The molecule has 18 N–H and O–H groups in total. The van der Waals surface area contributed by atoms with E-state index in [1.807, 2.05) is 23.6 Å². The number of hydrogen-bond acceptors (Lipinski definition) is 16. The minimum Gasteiger partial charge on any atom is -0.508 e. The zero-order chi connectivity index (χ0) is 74.0. The number of halogens is 2. The molecular weight excluding hydrogens is 1360 g/mol. The highest BCUT2D eigenvalue weighted by molar-refractivity contribution is 7.17. The summed E-state index contributed by atoms with van der Waals surface area (Å²) in [6.45, 7) is 5.64. The van der Waals surface area contributed by atoms with Crippen LogP contribution in [0.4, 0.5) is 0 Å². The van der Waals surface area contributed by atoms with Crippen molar-refractivity contribution in [1.82, 2.24) is 52.3 Å². The third kappa shape index (κ3) is 25.0. The van der Waals surface area contributed by atoms with Crippen molar-refractivity contribution in [3.8, 4) is 5.75 Å². The van der Waals surface area contributed by atoms with Gasteiger partial charge in [0.05, 0.1) is 6.61 Å². The summed E-state index contributed by atoms with van der Waals surface area (Å²) in [4.78, 5) is 162. The monoisotopic (exact) mass is 1450 g/mol. The maximum absolute atomic E-state index is 15.1. The number of aliphatic hydroxyl groups excluding tert-OH is 1. The number of likely N-dealkylation sites (tertiary alicyclic amines) is 1. The summed E-state index contributed by atoms with van der Waals surface area (Å²) in [5.74, 6) is -9.13. The molecule has 0 spiro atoms. The highest BCUT2D eigenvalue weighted by Gasteiger charge is 2.41. The molecule has 101 heavy (non-hydrogen) atoms. The number of benzene rings is 4. The lowest BCUT2D eigenvalue weighted by molar-refractivity contribution is -0.144. The molecule has 546 valence electrons. The predicted molar refractivity (Wildman–Crippen MR) is 384 cm³/mol. The first-order valence-electron chi connectivity index (χ1n) is 33.4. The number of nitrogens with two attached hydrogens (primary N) is 4. The van der Waals surface area contributed by atoms with Crippen LogP contribution in [0.1, 0.15) is 101 Å². The van der Waals surface area contributed by atoms with Gasteiger partial charge >= 0.3 is 0 Å². The molecule has 11 amide bonds. The fourth-order valence-corrected chi connectivity index (χ4v) is 12.8. The number of aliphatic hydroxyl groups is 1. The average molecular weight is 1460 g/mol. The summed E-state index contributed by atoms with van der Waals surface area (Å²) in [5.41, 5.74) is 24.7. The zero-order valence-electron chi connectivity index (χ0n) is 57.2. The van der Waals surface area contributed by atoms with E-state index in [2.05, 4.69) is 47.5 Å². The van der Waals surface area contributed by atoms with E-state index in [-0.39, 0.29) is 101 Å². The third-order valence-corrected chi connectivity index (χ3v) is 18.6. The molecular formula is C70H93Cl2N15O13S. The molecule has 1 fully saturated rings. The van der Waals surface area contributed by atoms with Crippen LogP contribution in [0.2, 0.25) is 10.0 Å². The first-order chi connectivity index (χ1) is 48.0. The van der Waals surface area contributed by atoms with Gasteiger partial charge in [-0.15, -0.1) is 11.3 Å². The average Bonchev–Trinajstić information content (AvgIpc) is 1.74. The number of rotatable bonds is 38. The molecule has 4 aromatic carbocycles. The van der Waals surface area contributed by atoms with Crippen LogP contribution in [0.5, 0.6) is 5.75 Å². The van der Waals surface area contributed by atoms with Crippen molar-refractivity contribution >= 4 is 116 Å².